The third-order valence-electron chi connectivity index (χ3n) is 9.60. The second-order valence-electron chi connectivity index (χ2n) is 13.0. The van der Waals surface area contributed by atoms with E-state index >= 15 is 0 Å². The Kier molecular flexibility index (Phi) is 10.8. The summed E-state index contributed by atoms with van der Waals surface area (Å²) in [7, 11) is 0. The zero-order valence-corrected chi connectivity index (χ0v) is 29.9. The fraction of sp³-hybridized carbons (Fsp3) is 0.0909. The molecule has 11 heteroatoms. The van der Waals surface area contributed by atoms with E-state index in [-0.39, 0.29) is 33.8 Å². The van der Waals surface area contributed by atoms with Gasteiger partial charge in [-0.1, -0.05) is 109 Å². The molecule has 274 valence electrons. The molecule has 0 aliphatic carbocycles. The fourth-order valence-corrected chi connectivity index (χ4v) is 7.35. The average molecular weight is 755 g/mol. The van der Waals surface area contributed by atoms with Gasteiger partial charge in [-0.25, -0.2) is 8.78 Å². The number of para-hydroxylation sites is 2. The SMILES string of the molecule is O=[N+]([O-])CC(c1ccccc1)c1c(-c2ccc(F)c(Cl)c2)[nH]c2ccccc12.O=[N+]([O-])CC(c1ccccc1)c1c(-c2ccc(F)cc2)[nH]c2ccccc12. The van der Waals surface area contributed by atoms with Crippen LogP contribution in [0.15, 0.2) is 152 Å². The normalized spacial score (nSPS) is 12.2. The van der Waals surface area contributed by atoms with E-state index in [9.17, 15) is 29.0 Å². The monoisotopic (exact) mass is 754 g/mol. The Labute approximate surface area is 319 Å². The minimum atomic E-state index is -0.507. The molecule has 2 atom stereocenters. The maximum atomic E-state index is 13.7. The number of rotatable bonds is 10. The first-order valence-electron chi connectivity index (χ1n) is 17.4. The standard InChI is InChI=1S/C22H16ClFN2O2.C22H17FN2O2/c23-18-12-15(10-11-19(18)24)22-21(16-8-4-5-9-20(16)25-22)17(13-26(27)28)14-6-2-1-3-7-14;23-17-12-10-16(11-13-17)22-21(18-8-4-5-9-20(18)24-22)19(14-25(26)27)15-6-2-1-3-7-15/h1-12,17,25H,13H2;1-13,19,24H,14H2. The van der Waals surface area contributed by atoms with Crippen LogP contribution >= 0.6 is 11.6 Å². The molecule has 2 aromatic heterocycles. The van der Waals surface area contributed by atoms with Crippen LogP contribution in [0.4, 0.5) is 8.78 Å². The average Bonchev–Trinajstić information content (AvgIpc) is 3.77. The first kappa shape index (κ1) is 36.7. The van der Waals surface area contributed by atoms with Crippen molar-refractivity contribution >= 4 is 33.4 Å². The summed E-state index contributed by atoms with van der Waals surface area (Å²) in [4.78, 5) is 29.1. The number of nitro groups is 2. The van der Waals surface area contributed by atoms with Crippen molar-refractivity contribution in [3.63, 3.8) is 0 Å². The number of aromatic nitrogens is 2. The number of hydrogen-bond donors (Lipinski definition) is 2. The van der Waals surface area contributed by atoms with Gasteiger partial charge in [-0.15, -0.1) is 0 Å². The van der Waals surface area contributed by atoms with Crippen molar-refractivity contribution in [3.05, 3.63) is 211 Å². The topological polar surface area (TPSA) is 118 Å². The highest BCUT2D eigenvalue weighted by molar-refractivity contribution is 6.31. The molecule has 2 N–H and O–H groups in total. The molecular formula is C44H33ClF2N4O4. The van der Waals surface area contributed by atoms with Crippen molar-refractivity contribution in [2.45, 2.75) is 11.8 Å². The minimum absolute atomic E-state index is 0.00708. The van der Waals surface area contributed by atoms with E-state index in [0.29, 0.717) is 11.3 Å². The summed E-state index contributed by atoms with van der Waals surface area (Å²) in [5.74, 6) is -1.71. The largest absolute Gasteiger partial charge is 0.354 e. The van der Waals surface area contributed by atoms with Gasteiger partial charge < -0.3 is 9.97 Å². The summed E-state index contributed by atoms with van der Waals surface area (Å²) >= 11 is 6.00. The maximum absolute atomic E-state index is 13.7. The van der Waals surface area contributed by atoms with E-state index in [1.807, 2.05) is 109 Å². The zero-order valence-electron chi connectivity index (χ0n) is 29.2. The van der Waals surface area contributed by atoms with E-state index in [1.54, 1.807) is 24.3 Å². The second-order valence-corrected chi connectivity index (χ2v) is 13.4. The van der Waals surface area contributed by atoms with Gasteiger partial charge in [-0.3, -0.25) is 20.2 Å². The highest BCUT2D eigenvalue weighted by atomic mass is 35.5. The Balaban J connectivity index is 0.000000169. The number of H-pyrrole nitrogens is 2. The number of nitrogens with one attached hydrogen (secondary N) is 2. The van der Waals surface area contributed by atoms with Gasteiger partial charge >= 0.3 is 0 Å². The van der Waals surface area contributed by atoms with Crippen LogP contribution in [0.1, 0.15) is 34.1 Å². The lowest BCUT2D eigenvalue weighted by Crippen LogP contribution is -2.14. The van der Waals surface area contributed by atoms with Gasteiger partial charge in [0, 0.05) is 31.7 Å². The molecule has 0 saturated heterocycles. The highest BCUT2D eigenvalue weighted by Crippen LogP contribution is 2.41. The summed E-state index contributed by atoms with van der Waals surface area (Å²) in [6, 6.07) is 44.9. The van der Waals surface area contributed by atoms with Crippen molar-refractivity contribution in [1.82, 2.24) is 9.97 Å². The lowest BCUT2D eigenvalue weighted by Gasteiger charge is -2.16. The maximum Gasteiger partial charge on any atom is 0.214 e. The Bertz CT molecular complexity index is 2610. The van der Waals surface area contributed by atoms with Gasteiger partial charge in [0.25, 0.3) is 0 Å². The van der Waals surface area contributed by atoms with Crippen LogP contribution in [0.3, 0.4) is 0 Å². The van der Waals surface area contributed by atoms with Crippen molar-refractivity contribution in [3.8, 4) is 22.5 Å². The lowest BCUT2D eigenvalue weighted by atomic mass is 9.87. The third-order valence-corrected chi connectivity index (χ3v) is 9.89. The van der Waals surface area contributed by atoms with Crippen molar-refractivity contribution in [1.29, 1.82) is 0 Å². The van der Waals surface area contributed by atoms with Gasteiger partial charge in [0.1, 0.15) is 11.6 Å². The third kappa shape index (κ3) is 8.00. The summed E-state index contributed by atoms with van der Waals surface area (Å²) in [6.45, 7) is -0.478. The van der Waals surface area contributed by atoms with Gasteiger partial charge in [-0.2, -0.15) is 0 Å². The van der Waals surface area contributed by atoms with Gasteiger partial charge in [-0.05, 0) is 88.0 Å². The summed E-state index contributed by atoms with van der Waals surface area (Å²) < 4.78 is 27.1. The van der Waals surface area contributed by atoms with Crippen LogP contribution in [-0.4, -0.2) is 32.9 Å². The van der Waals surface area contributed by atoms with E-state index in [0.717, 1.165) is 55.3 Å². The van der Waals surface area contributed by atoms with E-state index in [4.69, 9.17) is 11.6 Å². The summed E-state index contributed by atoms with van der Waals surface area (Å²) in [5.41, 5.74) is 8.12. The number of nitrogens with zero attached hydrogens (tertiary/aromatic N) is 2. The molecule has 8 nitrogen and oxygen atoms in total. The second kappa shape index (κ2) is 16.2. The number of halogens is 3. The van der Waals surface area contributed by atoms with Gasteiger partial charge in [0.05, 0.1) is 28.2 Å². The molecule has 0 aliphatic rings. The minimum Gasteiger partial charge on any atom is -0.354 e. The molecule has 0 amide bonds. The summed E-state index contributed by atoms with van der Waals surface area (Å²) in [6.07, 6.45) is 0. The lowest BCUT2D eigenvalue weighted by molar-refractivity contribution is -0.481. The van der Waals surface area contributed by atoms with Crippen LogP contribution < -0.4 is 0 Å². The highest BCUT2D eigenvalue weighted by Gasteiger charge is 2.29. The van der Waals surface area contributed by atoms with E-state index in [1.165, 1.54) is 18.2 Å². The van der Waals surface area contributed by atoms with Gasteiger partial charge in [0.2, 0.25) is 13.1 Å². The van der Waals surface area contributed by atoms with Crippen molar-refractivity contribution < 1.29 is 18.6 Å². The summed E-state index contributed by atoms with van der Waals surface area (Å²) in [5, 5.41) is 24.8. The fourth-order valence-electron chi connectivity index (χ4n) is 7.17. The predicted molar refractivity (Wildman–Crippen MR) is 213 cm³/mol. The molecule has 0 spiro atoms. The first-order chi connectivity index (χ1) is 26.7. The zero-order chi connectivity index (χ0) is 38.5. The quantitative estimate of drug-likeness (QED) is 0.107. The predicted octanol–water partition coefficient (Wildman–Crippen LogP) is 11.4. The van der Waals surface area contributed by atoms with Crippen LogP contribution in [0.5, 0.6) is 0 Å². The Morgan fingerprint density at radius 2 is 0.964 bits per heavy atom. The molecule has 0 bridgehead atoms. The molecule has 0 aliphatic heterocycles. The first-order valence-corrected chi connectivity index (χ1v) is 17.8. The molecule has 2 unspecified atom stereocenters. The van der Waals surface area contributed by atoms with Crippen molar-refractivity contribution in [2.24, 2.45) is 0 Å². The van der Waals surface area contributed by atoms with E-state index < -0.39 is 17.7 Å². The molecule has 0 fully saturated rings. The molecule has 0 radical (unpaired) electrons. The van der Waals surface area contributed by atoms with Crippen LogP contribution in [0.2, 0.25) is 5.02 Å². The Morgan fingerprint density at radius 1 is 0.545 bits per heavy atom. The number of hydrogen-bond acceptors (Lipinski definition) is 4. The van der Waals surface area contributed by atoms with Crippen LogP contribution in [0.25, 0.3) is 44.3 Å². The Morgan fingerprint density at radius 3 is 1.42 bits per heavy atom. The van der Waals surface area contributed by atoms with Gasteiger partial charge in [0.15, 0.2) is 0 Å². The smallest absolute Gasteiger partial charge is 0.214 e. The molecule has 55 heavy (non-hydrogen) atoms. The number of benzene rings is 6. The number of aromatic amines is 2. The number of fused-ring (bicyclic) bond motifs is 2. The van der Waals surface area contributed by atoms with E-state index in [2.05, 4.69) is 9.97 Å². The molecule has 2 heterocycles. The van der Waals surface area contributed by atoms with Crippen LogP contribution in [-0.2, 0) is 0 Å². The Hall–Kier alpha value is -6.65. The molecular weight excluding hydrogens is 722 g/mol. The molecule has 0 saturated carbocycles. The molecule has 8 rings (SSSR count). The van der Waals surface area contributed by atoms with Crippen LogP contribution in [0, 0.1) is 31.9 Å². The van der Waals surface area contributed by atoms with Crippen molar-refractivity contribution in [2.75, 3.05) is 13.1 Å². The molecule has 6 aromatic carbocycles. The molecule has 8 aromatic rings.